The van der Waals surface area contributed by atoms with E-state index in [4.69, 9.17) is 10.5 Å². The van der Waals surface area contributed by atoms with Gasteiger partial charge in [-0.15, -0.1) is 0 Å². The van der Waals surface area contributed by atoms with Crippen molar-refractivity contribution in [3.05, 3.63) is 11.4 Å². The summed E-state index contributed by atoms with van der Waals surface area (Å²) in [7, 11) is 1.83. The zero-order valence-corrected chi connectivity index (χ0v) is 11.6. The molecular formula is C12H21N5O2. The second kappa shape index (κ2) is 7.52. The van der Waals surface area contributed by atoms with Gasteiger partial charge in [-0.2, -0.15) is 0 Å². The minimum absolute atomic E-state index is 0.0631. The van der Waals surface area contributed by atoms with Crippen LogP contribution in [-0.2, 0) is 16.0 Å². The van der Waals surface area contributed by atoms with Crippen LogP contribution in [0, 0.1) is 6.92 Å². The number of aromatic nitrogens is 2. The largest absolute Gasteiger partial charge is 0.373 e. The first-order valence-corrected chi connectivity index (χ1v) is 6.23. The number of aryl methyl sites for hydroxylation is 1. The van der Waals surface area contributed by atoms with Crippen LogP contribution in [0.15, 0.2) is 0 Å². The predicted molar refractivity (Wildman–Crippen MR) is 74.2 cm³/mol. The van der Waals surface area contributed by atoms with Crippen LogP contribution in [0.1, 0.15) is 18.3 Å². The van der Waals surface area contributed by atoms with Crippen molar-refractivity contribution in [3.63, 3.8) is 0 Å². The van der Waals surface area contributed by atoms with Gasteiger partial charge in [-0.1, -0.05) is 6.92 Å². The van der Waals surface area contributed by atoms with Gasteiger partial charge in [0.15, 0.2) is 0 Å². The van der Waals surface area contributed by atoms with Crippen molar-refractivity contribution < 1.29 is 9.53 Å². The number of nitrogens with two attached hydrogens (primary N) is 1. The van der Waals surface area contributed by atoms with E-state index in [-0.39, 0.29) is 6.61 Å². The summed E-state index contributed by atoms with van der Waals surface area (Å²) in [6, 6.07) is 0. The van der Waals surface area contributed by atoms with Crippen LogP contribution in [0.25, 0.3) is 0 Å². The molecule has 0 unspecified atom stereocenters. The molecule has 0 radical (unpaired) electrons. The fourth-order valence-corrected chi connectivity index (χ4v) is 1.55. The summed E-state index contributed by atoms with van der Waals surface area (Å²) in [6.45, 7) is 4.83. The summed E-state index contributed by atoms with van der Waals surface area (Å²) in [5.41, 5.74) is 5.93. The van der Waals surface area contributed by atoms with Crippen LogP contribution >= 0.6 is 0 Å². The summed E-state index contributed by atoms with van der Waals surface area (Å²) >= 11 is 0. The normalized spacial score (nSPS) is 10.3. The number of hydrogen-bond acceptors (Lipinski definition) is 6. The van der Waals surface area contributed by atoms with E-state index < -0.39 is 5.91 Å². The van der Waals surface area contributed by atoms with Crippen molar-refractivity contribution in [1.82, 2.24) is 9.97 Å². The molecule has 0 aliphatic rings. The zero-order valence-electron chi connectivity index (χ0n) is 11.6. The maximum atomic E-state index is 10.5. The topological polar surface area (TPSA) is 102 Å². The smallest absolute Gasteiger partial charge is 0.243 e. The van der Waals surface area contributed by atoms with Crippen molar-refractivity contribution >= 4 is 17.5 Å². The quantitative estimate of drug-likeness (QED) is 0.586. The molecule has 19 heavy (non-hydrogen) atoms. The first kappa shape index (κ1) is 15.2. The van der Waals surface area contributed by atoms with Crippen molar-refractivity contribution in [2.75, 3.05) is 37.4 Å². The Morgan fingerprint density at radius 3 is 2.63 bits per heavy atom. The Morgan fingerprint density at radius 1 is 1.37 bits per heavy atom. The number of nitrogens with one attached hydrogen (secondary N) is 2. The predicted octanol–water partition coefficient (Wildman–Crippen LogP) is 0.303. The van der Waals surface area contributed by atoms with Gasteiger partial charge in [-0.3, -0.25) is 4.79 Å². The molecule has 0 bridgehead atoms. The van der Waals surface area contributed by atoms with Gasteiger partial charge in [0.05, 0.1) is 6.61 Å². The maximum absolute atomic E-state index is 10.5. The summed E-state index contributed by atoms with van der Waals surface area (Å²) in [5.74, 6) is 1.89. The highest BCUT2D eigenvalue weighted by molar-refractivity contribution is 5.74. The fraction of sp³-hybridized carbons (Fsp3) is 0.583. The first-order chi connectivity index (χ1) is 9.08. The Kier molecular flexibility index (Phi) is 6.01. The number of ether oxygens (including phenoxy) is 1. The summed E-state index contributed by atoms with van der Waals surface area (Å²) in [6.07, 6.45) is 0.766. The van der Waals surface area contributed by atoms with E-state index in [9.17, 15) is 4.79 Å². The highest BCUT2D eigenvalue weighted by Gasteiger charge is 2.08. The van der Waals surface area contributed by atoms with Crippen molar-refractivity contribution in [2.45, 2.75) is 20.3 Å². The number of carbonyl (C=O) groups excluding carboxylic acids is 1. The van der Waals surface area contributed by atoms with Crippen LogP contribution < -0.4 is 16.4 Å². The number of amides is 1. The Labute approximate surface area is 113 Å². The lowest BCUT2D eigenvalue weighted by Gasteiger charge is -2.13. The molecule has 0 saturated carbocycles. The lowest BCUT2D eigenvalue weighted by atomic mass is 10.3. The Bertz CT molecular complexity index is 436. The van der Waals surface area contributed by atoms with Crippen LogP contribution in [-0.4, -0.2) is 42.7 Å². The van der Waals surface area contributed by atoms with Crippen molar-refractivity contribution in [1.29, 1.82) is 0 Å². The van der Waals surface area contributed by atoms with Gasteiger partial charge in [0.1, 0.15) is 24.1 Å². The molecule has 4 N–H and O–H groups in total. The number of carbonyl (C=O) groups is 1. The van der Waals surface area contributed by atoms with Crippen LogP contribution in [0.2, 0.25) is 0 Å². The molecule has 0 aromatic carbocycles. The summed E-state index contributed by atoms with van der Waals surface area (Å²) < 4.78 is 5.07. The Hall–Kier alpha value is -1.89. The monoisotopic (exact) mass is 267 g/mol. The zero-order chi connectivity index (χ0) is 14.3. The Balaban J connectivity index is 2.59. The standard InChI is InChI=1S/C12H21N5O2/c1-4-10-16-11(14-3)8(2)12(17-10)15-5-6-19-7-9(13)18/h4-7H2,1-3H3,(H2,13,18)(H2,14,15,16,17). The first-order valence-electron chi connectivity index (χ1n) is 6.23. The fourth-order valence-electron chi connectivity index (χ4n) is 1.55. The third-order valence-electron chi connectivity index (χ3n) is 2.53. The number of nitrogens with zero attached hydrogens (tertiary/aromatic N) is 2. The van der Waals surface area contributed by atoms with Gasteiger partial charge in [-0.25, -0.2) is 9.97 Å². The minimum Gasteiger partial charge on any atom is -0.373 e. The van der Waals surface area contributed by atoms with Crippen LogP contribution in [0.3, 0.4) is 0 Å². The number of hydrogen-bond donors (Lipinski definition) is 3. The van der Waals surface area contributed by atoms with Gasteiger partial charge in [0.2, 0.25) is 5.91 Å². The molecular weight excluding hydrogens is 246 g/mol. The van der Waals surface area contributed by atoms with Crippen molar-refractivity contribution in [2.24, 2.45) is 5.73 Å². The SMILES string of the molecule is CCc1nc(NC)c(C)c(NCCOCC(N)=O)n1. The molecule has 7 heteroatoms. The second-order valence-corrected chi connectivity index (χ2v) is 4.01. The van der Waals surface area contributed by atoms with E-state index in [2.05, 4.69) is 20.6 Å². The molecule has 0 saturated heterocycles. The number of primary amides is 1. The summed E-state index contributed by atoms with van der Waals surface area (Å²) in [5, 5.41) is 6.21. The molecule has 7 nitrogen and oxygen atoms in total. The van der Waals surface area contributed by atoms with E-state index in [1.54, 1.807) is 0 Å². The molecule has 0 spiro atoms. The van der Waals surface area contributed by atoms with E-state index in [1.807, 2.05) is 20.9 Å². The van der Waals surface area contributed by atoms with Gasteiger partial charge in [-0.05, 0) is 6.92 Å². The number of rotatable bonds is 8. The average molecular weight is 267 g/mol. The van der Waals surface area contributed by atoms with Gasteiger partial charge < -0.3 is 21.1 Å². The maximum Gasteiger partial charge on any atom is 0.243 e. The highest BCUT2D eigenvalue weighted by atomic mass is 16.5. The number of anilines is 2. The second-order valence-electron chi connectivity index (χ2n) is 4.01. The molecule has 1 aromatic rings. The molecule has 0 atom stereocenters. The summed E-state index contributed by atoms with van der Waals surface area (Å²) in [4.78, 5) is 19.3. The van der Waals surface area contributed by atoms with E-state index in [0.717, 1.165) is 29.4 Å². The third-order valence-corrected chi connectivity index (χ3v) is 2.53. The van der Waals surface area contributed by atoms with Crippen LogP contribution in [0.4, 0.5) is 11.6 Å². The average Bonchev–Trinajstić information content (AvgIpc) is 2.39. The molecule has 0 aliphatic carbocycles. The van der Waals surface area contributed by atoms with Gasteiger partial charge in [0.25, 0.3) is 0 Å². The van der Waals surface area contributed by atoms with E-state index >= 15 is 0 Å². The molecule has 0 aliphatic heterocycles. The van der Waals surface area contributed by atoms with Crippen molar-refractivity contribution in [3.8, 4) is 0 Å². The minimum atomic E-state index is -0.469. The van der Waals surface area contributed by atoms with Gasteiger partial charge >= 0.3 is 0 Å². The highest BCUT2D eigenvalue weighted by Crippen LogP contribution is 2.19. The van der Waals surface area contributed by atoms with Crippen LogP contribution in [0.5, 0.6) is 0 Å². The van der Waals surface area contributed by atoms with Gasteiger partial charge in [0, 0.05) is 25.6 Å². The van der Waals surface area contributed by atoms with E-state index in [0.29, 0.717) is 13.2 Å². The molecule has 1 heterocycles. The molecule has 0 fully saturated rings. The molecule has 1 rings (SSSR count). The molecule has 106 valence electrons. The molecule has 1 amide bonds. The third kappa shape index (κ3) is 4.70. The lowest BCUT2D eigenvalue weighted by molar-refractivity contribution is -0.122. The van der Waals surface area contributed by atoms with E-state index in [1.165, 1.54) is 0 Å². The lowest BCUT2D eigenvalue weighted by Crippen LogP contribution is -2.21. The Morgan fingerprint density at radius 2 is 2.05 bits per heavy atom. The molecule has 1 aromatic heterocycles.